The maximum Gasteiger partial charge on any atom is 0.207 e. The van der Waals surface area contributed by atoms with Crippen LogP contribution in [0.1, 0.15) is 5.56 Å². The molecule has 0 heterocycles. The lowest BCUT2D eigenvalue weighted by Gasteiger charge is -2.14. The van der Waals surface area contributed by atoms with E-state index >= 15 is 0 Å². The Bertz CT molecular complexity index is 367. The second kappa shape index (κ2) is 4.38. The van der Waals surface area contributed by atoms with Crippen LogP contribution in [0.2, 0.25) is 0 Å². The van der Waals surface area contributed by atoms with Crippen molar-refractivity contribution in [2.24, 2.45) is 5.16 Å². The van der Waals surface area contributed by atoms with E-state index in [2.05, 4.69) is 21.1 Å². The Morgan fingerprint density at radius 3 is 2.64 bits per heavy atom. The summed E-state index contributed by atoms with van der Waals surface area (Å²) < 4.78 is 0.475. The van der Waals surface area contributed by atoms with Gasteiger partial charge in [0.15, 0.2) is 5.75 Å². The summed E-state index contributed by atoms with van der Waals surface area (Å²) in [5.41, 5.74) is -0.131. The molecule has 14 heavy (non-hydrogen) atoms. The van der Waals surface area contributed by atoms with Crippen LogP contribution in [0.3, 0.4) is 0 Å². The van der Waals surface area contributed by atoms with Crippen molar-refractivity contribution < 1.29 is 20.7 Å². The fourth-order valence-electron chi connectivity index (χ4n) is 0.944. The Morgan fingerprint density at radius 1 is 1.50 bits per heavy atom. The van der Waals surface area contributed by atoms with Crippen LogP contribution in [0.15, 0.2) is 21.8 Å². The molecule has 1 atom stereocenters. The second-order valence-corrected chi connectivity index (χ2v) is 3.36. The third-order valence-electron chi connectivity index (χ3n) is 1.53. The van der Waals surface area contributed by atoms with Crippen molar-refractivity contribution in [2.75, 3.05) is 0 Å². The van der Waals surface area contributed by atoms with Gasteiger partial charge < -0.3 is 15.5 Å². The van der Waals surface area contributed by atoms with E-state index in [-0.39, 0.29) is 11.3 Å². The van der Waals surface area contributed by atoms with Gasteiger partial charge in [-0.25, -0.2) is 5.21 Å². The van der Waals surface area contributed by atoms with Crippen LogP contribution < -0.4 is 5.23 Å². The van der Waals surface area contributed by atoms with Crippen molar-refractivity contribution in [3.05, 3.63) is 27.4 Å². The van der Waals surface area contributed by atoms with Gasteiger partial charge in [0.05, 0.1) is 6.21 Å². The number of benzene rings is 1. The maximum atomic E-state index is 10.6. The second-order valence-electron chi connectivity index (χ2n) is 2.44. The molecule has 1 unspecified atom stereocenters. The number of halogens is 1. The highest BCUT2D eigenvalue weighted by atomic mass is 79.9. The van der Waals surface area contributed by atoms with Gasteiger partial charge >= 0.3 is 0 Å². The van der Waals surface area contributed by atoms with Gasteiger partial charge in [0.2, 0.25) is 5.69 Å². The number of phenols is 1. The van der Waals surface area contributed by atoms with E-state index in [4.69, 9.17) is 10.4 Å². The van der Waals surface area contributed by atoms with Gasteiger partial charge in [-0.3, -0.25) is 0 Å². The molecule has 0 saturated heterocycles. The standard InChI is InChI=1S/C7H7BrN2O4/c8-5-1-4(3-9-12)7(11)6(2-5)10(13)14/h1-3,10-13H. The number of hydrogen-bond acceptors (Lipinski definition) is 5. The smallest absolute Gasteiger partial charge is 0.207 e. The van der Waals surface area contributed by atoms with Crippen molar-refractivity contribution in [1.29, 1.82) is 0 Å². The minimum atomic E-state index is -1.25. The fraction of sp³-hybridized carbons (Fsp3) is 0. The van der Waals surface area contributed by atoms with Crippen molar-refractivity contribution in [1.82, 2.24) is 0 Å². The molecular formula is C7H7BrN2O4. The highest BCUT2D eigenvalue weighted by molar-refractivity contribution is 9.10. The first-order chi connectivity index (χ1) is 6.56. The zero-order chi connectivity index (χ0) is 10.7. The largest absolute Gasteiger partial charge is 0.595 e. The summed E-state index contributed by atoms with van der Waals surface area (Å²) in [6, 6.07) is 2.69. The highest BCUT2D eigenvalue weighted by Gasteiger charge is 2.13. The maximum absolute atomic E-state index is 10.6. The van der Waals surface area contributed by atoms with E-state index < -0.39 is 11.0 Å². The number of oxime groups is 1. The molecule has 6 nitrogen and oxygen atoms in total. The topological polar surface area (TPSA) is 101 Å². The van der Waals surface area contributed by atoms with Gasteiger partial charge in [0, 0.05) is 16.1 Å². The number of rotatable bonds is 2. The molecule has 0 aliphatic carbocycles. The molecule has 7 heteroatoms. The summed E-state index contributed by atoms with van der Waals surface area (Å²) >= 11 is 3.07. The van der Waals surface area contributed by atoms with E-state index in [1.165, 1.54) is 12.1 Å². The quantitative estimate of drug-likeness (QED) is 0.268. The molecule has 1 aromatic rings. The zero-order valence-corrected chi connectivity index (χ0v) is 8.39. The van der Waals surface area contributed by atoms with E-state index in [0.29, 0.717) is 4.47 Å². The van der Waals surface area contributed by atoms with Crippen LogP contribution in [-0.2, 0) is 0 Å². The first-order valence-electron chi connectivity index (χ1n) is 3.49. The number of nitrogens with zero attached hydrogens (tertiary/aromatic N) is 1. The van der Waals surface area contributed by atoms with E-state index in [1.54, 1.807) is 0 Å². The molecule has 0 aliphatic rings. The normalized spacial score (nSPS) is 13.4. The first kappa shape index (κ1) is 10.9. The van der Waals surface area contributed by atoms with Gasteiger partial charge in [-0.05, 0) is 6.07 Å². The highest BCUT2D eigenvalue weighted by Crippen LogP contribution is 2.27. The summed E-state index contributed by atoms with van der Waals surface area (Å²) in [5.74, 6) is -0.432. The van der Waals surface area contributed by atoms with Crippen LogP contribution in [-0.4, -0.2) is 21.7 Å². The lowest BCUT2D eigenvalue weighted by molar-refractivity contribution is -0.991. The number of aromatic hydroxyl groups is 1. The van der Waals surface area contributed by atoms with Gasteiger partial charge in [-0.1, -0.05) is 21.1 Å². The average Bonchev–Trinajstić information content (AvgIpc) is 2.10. The van der Waals surface area contributed by atoms with Crippen LogP contribution in [0, 0.1) is 5.21 Å². The van der Waals surface area contributed by atoms with E-state index in [9.17, 15) is 10.3 Å². The molecule has 0 fully saturated rings. The summed E-state index contributed by atoms with van der Waals surface area (Å²) in [6.45, 7) is 0. The third kappa shape index (κ3) is 2.20. The number of phenolic OH excluding ortho intramolecular Hbond substituents is 1. The van der Waals surface area contributed by atoms with E-state index in [0.717, 1.165) is 6.21 Å². The monoisotopic (exact) mass is 262 g/mol. The zero-order valence-electron chi connectivity index (χ0n) is 6.81. The Balaban J connectivity index is 3.32. The third-order valence-corrected chi connectivity index (χ3v) is 1.99. The summed E-state index contributed by atoms with van der Waals surface area (Å²) in [6.07, 6.45) is 0.951. The predicted octanol–water partition coefficient (Wildman–Crippen LogP) is 0.366. The number of nitrogens with one attached hydrogen (secondary N) is 1. The van der Waals surface area contributed by atoms with Gasteiger partial charge in [-0.15, -0.1) is 0 Å². The van der Waals surface area contributed by atoms with Crippen LogP contribution in [0.4, 0.5) is 5.69 Å². The first-order valence-corrected chi connectivity index (χ1v) is 4.28. The predicted molar refractivity (Wildman–Crippen MR) is 51.0 cm³/mol. The van der Waals surface area contributed by atoms with Crippen molar-refractivity contribution in [3.8, 4) is 5.75 Å². The average molecular weight is 263 g/mol. The Hall–Kier alpha value is -1.15. The molecule has 0 saturated carbocycles. The molecule has 1 rings (SSSR count). The molecule has 1 aromatic carbocycles. The Labute approximate surface area is 87.4 Å². The molecule has 4 N–H and O–H groups in total. The van der Waals surface area contributed by atoms with Gasteiger partial charge in [-0.2, -0.15) is 5.23 Å². The minimum absolute atomic E-state index is 0.124. The molecule has 0 bridgehead atoms. The SMILES string of the molecule is [O-][NH+](O)c1cc(Br)cc(C=NO)c1O. The van der Waals surface area contributed by atoms with Crippen molar-refractivity contribution >= 4 is 27.8 Å². The lowest BCUT2D eigenvalue weighted by Crippen LogP contribution is -2.99. The summed E-state index contributed by atoms with van der Waals surface area (Å²) in [4.78, 5) is 0. The fourth-order valence-corrected chi connectivity index (χ4v) is 1.42. The molecule has 0 radical (unpaired) electrons. The van der Waals surface area contributed by atoms with E-state index in [1.807, 2.05) is 0 Å². The van der Waals surface area contributed by atoms with Gasteiger partial charge in [0.25, 0.3) is 0 Å². The molecule has 0 amide bonds. The minimum Gasteiger partial charge on any atom is -0.595 e. The molecular weight excluding hydrogens is 256 g/mol. The molecule has 0 aliphatic heterocycles. The Morgan fingerprint density at radius 2 is 2.14 bits per heavy atom. The van der Waals surface area contributed by atoms with Crippen LogP contribution in [0.25, 0.3) is 0 Å². The molecule has 0 spiro atoms. The van der Waals surface area contributed by atoms with Crippen molar-refractivity contribution in [3.63, 3.8) is 0 Å². The van der Waals surface area contributed by atoms with Crippen molar-refractivity contribution in [2.45, 2.75) is 0 Å². The number of hydrogen-bond donors (Lipinski definition) is 4. The summed E-state index contributed by atoms with van der Waals surface area (Å²) in [7, 11) is 0. The van der Waals surface area contributed by atoms with Crippen LogP contribution >= 0.6 is 15.9 Å². The molecule has 76 valence electrons. The Kier molecular flexibility index (Phi) is 3.42. The molecule has 0 aromatic heterocycles. The number of quaternary nitrogens is 1. The lowest BCUT2D eigenvalue weighted by atomic mass is 10.2. The summed E-state index contributed by atoms with van der Waals surface area (Å²) in [5, 5.41) is 38.5. The van der Waals surface area contributed by atoms with Crippen LogP contribution in [0.5, 0.6) is 5.75 Å². The van der Waals surface area contributed by atoms with Gasteiger partial charge in [0.1, 0.15) is 0 Å².